The highest BCUT2D eigenvalue weighted by Crippen LogP contribution is 2.19. The number of hydrogen-bond acceptors (Lipinski definition) is 2. The summed E-state index contributed by atoms with van der Waals surface area (Å²) in [6, 6.07) is 9.73. The van der Waals surface area contributed by atoms with Crippen LogP contribution in [0.25, 0.3) is 0 Å². The molecule has 1 aromatic carbocycles. The first-order valence-corrected chi connectivity index (χ1v) is 7.78. The molecule has 1 fully saturated rings. The van der Waals surface area contributed by atoms with Crippen LogP contribution in [-0.4, -0.2) is 31.1 Å². The molecule has 0 heterocycles. The second-order valence-electron chi connectivity index (χ2n) is 5.84. The van der Waals surface area contributed by atoms with Crippen molar-refractivity contribution in [3.63, 3.8) is 0 Å². The van der Waals surface area contributed by atoms with Gasteiger partial charge in [0, 0.05) is 12.6 Å². The monoisotopic (exact) mass is 260 g/mol. The van der Waals surface area contributed by atoms with Gasteiger partial charge in [-0.15, -0.1) is 0 Å². The number of rotatable bonds is 9. The van der Waals surface area contributed by atoms with Crippen LogP contribution >= 0.6 is 0 Å². The maximum atomic E-state index is 3.61. The Morgan fingerprint density at radius 1 is 1.21 bits per heavy atom. The standard InChI is InChI=1S/C17H28N2/c1-3-4-13-19(2)14-16-8-6-5-7-15(16)11-12-18-17-9-10-17/h5-8,17-18H,3-4,9-14H2,1-2H3. The van der Waals surface area contributed by atoms with Gasteiger partial charge in [0.1, 0.15) is 0 Å². The first-order valence-electron chi connectivity index (χ1n) is 7.78. The summed E-state index contributed by atoms with van der Waals surface area (Å²) in [5.41, 5.74) is 3.01. The van der Waals surface area contributed by atoms with Crippen LogP contribution in [0.15, 0.2) is 24.3 Å². The predicted octanol–water partition coefficient (Wildman–Crippen LogP) is 3.21. The van der Waals surface area contributed by atoms with Crippen molar-refractivity contribution in [1.82, 2.24) is 10.2 Å². The first-order chi connectivity index (χ1) is 9.29. The van der Waals surface area contributed by atoms with Crippen molar-refractivity contribution in [1.29, 1.82) is 0 Å². The van der Waals surface area contributed by atoms with E-state index in [0.29, 0.717) is 0 Å². The molecule has 2 nitrogen and oxygen atoms in total. The van der Waals surface area contributed by atoms with Crippen molar-refractivity contribution < 1.29 is 0 Å². The zero-order valence-corrected chi connectivity index (χ0v) is 12.5. The molecule has 2 rings (SSSR count). The molecule has 0 aliphatic heterocycles. The fourth-order valence-corrected chi connectivity index (χ4v) is 2.45. The number of benzene rings is 1. The SMILES string of the molecule is CCCCN(C)Cc1ccccc1CCNC1CC1. The zero-order valence-electron chi connectivity index (χ0n) is 12.5. The Kier molecular flexibility index (Phi) is 5.87. The van der Waals surface area contributed by atoms with E-state index in [4.69, 9.17) is 0 Å². The van der Waals surface area contributed by atoms with E-state index in [1.165, 1.54) is 43.4 Å². The second-order valence-corrected chi connectivity index (χ2v) is 5.84. The molecule has 0 spiro atoms. The van der Waals surface area contributed by atoms with Crippen LogP contribution in [0.4, 0.5) is 0 Å². The number of nitrogens with one attached hydrogen (secondary N) is 1. The van der Waals surface area contributed by atoms with Crippen molar-refractivity contribution >= 4 is 0 Å². The van der Waals surface area contributed by atoms with E-state index < -0.39 is 0 Å². The van der Waals surface area contributed by atoms with Gasteiger partial charge in [-0.3, -0.25) is 0 Å². The van der Waals surface area contributed by atoms with Crippen LogP contribution in [0.2, 0.25) is 0 Å². The smallest absolute Gasteiger partial charge is 0.0233 e. The fraction of sp³-hybridized carbons (Fsp3) is 0.647. The largest absolute Gasteiger partial charge is 0.314 e. The molecule has 1 N–H and O–H groups in total. The third kappa shape index (κ3) is 5.33. The average Bonchev–Trinajstić information content (AvgIpc) is 3.22. The van der Waals surface area contributed by atoms with E-state index >= 15 is 0 Å². The van der Waals surface area contributed by atoms with Gasteiger partial charge in [0.05, 0.1) is 0 Å². The van der Waals surface area contributed by atoms with E-state index in [-0.39, 0.29) is 0 Å². The summed E-state index contributed by atoms with van der Waals surface area (Å²) in [4.78, 5) is 2.44. The van der Waals surface area contributed by atoms with Crippen molar-refractivity contribution in [3.8, 4) is 0 Å². The lowest BCUT2D eigenvalue weighted by Crippen LogP contribution is -2.22. The molecular weight excluding hydrogens is 232 g/mol. The highest BCUT2D eigenvalue weighted by molar-refractivity contribution is 5.27. The van der Waals surface area contributed by atoms with E-state index in [2.05, 4.69) is 48.5 Å². The number of unbranched alkanes of at least 4 members (excludes halogenated alkanes) is 1. The molecular formula is C17H28N2. The van der Waals surface area contributed by atoms with E-state index in [1.54, 1.807) is 0 Å². The molecule has 1 aliphatic rings. The molecule has 0 radical (unpaired) electrons. The topological polar surface area (TPSA) is 15.3 Å². The summed E-state index contributed by atoms with van der Waals surface area (Å²) in [7, 11) is 2.23. The molecule has 2 heteroatoms. The summed E-state index contributed by atoms with van der Waals surface area (Å²) >= 11 is 0. The first kappa shape index (κ1) is 14.5. The fourth-order valence-electron chi connectivity index (χ4n) is 2.45. The third-order valence-electron chi connectivity index (χ3n) is 3.86. The highest BCUT2D eigenvalue weighted by atomic mass is 15.1. The second kappa shape index (κ2) is 7.66. The minimum atomic E-state index is 0.819. The lowest BCUT2D eigenvalue weighted by Gasteiger charge is -2.18. The van der Waals surface area contributed by atoms with Crippen LogP contribution in [0.3, 0.4) is 0 Å². The normalized spacial score (nSPS) is 15.1. The molecule has 0 bridgehead atoms. The van der Waals surface area contributed by atoms with Crippen molar-refractivity contribution in [2.45, 2.75) is 51.6 Å². The highest BCUT2D eigenvalue weighted by Gasteiger charge is 2.19. The van der Waals surface area contributed by atoms with Gasteiger partial charge in [-0.1, -0.05) is 37.6 Å². The van der Waals surface area contributed by atoms with Gasteiger partial charge >= 0.3 is 0 Å². The number of hydrogen-bond donors (Lipinski definition) is 1. The van der Waals surface area contributed by atoms with E-state index in [0.717, 1.165) is 25.6 Å². The lowest BCUT2D eigenvalue weighted by atomic mass is 10.0. The Labute approximate surface area is 118 Å². The van der Waals surface area contributed by atoms with E-state index in [1.807, 2.05) is 0 Å². The van der Waals surface area contributed by atoms with Gasteiger partial charge in [0.25, 0.3) is 0 Å². The van der Waals surface area contributed by atoms with Gasteiger partial charge in [-0.05, 0) is 56.9 Å². The predicted molar refractivity (Wildman–Crippen MR) is 82.4 cm³/mol. The van der Waals surface area contributed by atoms with Crippen LogP contribution in [0.5, 0.6) is 0 Å². The Balaban J connectivity index is 1.83. The molecule has 1 aliphatic carbocycles. The summed E-state index contributed by atoms with van der Waals surface area (Å²) in [5.74, 6) is 0. The van der Waals surface area contributed by atoms with Crippen molar-refractivity contribution in [2.75, 3.05) is 20.1 Å². The quantitative estimate of drug-likeness (QED) is 0.733. The minimum absolute atomic E-state index is 0.819. The molecule has 0 unspecified atom stereocenters. The van der Waals surface area contributed by atoms with Gasteiger partial charge in [0.2, 0.25) is 0 Å². The number of nitrogens with zero attached hydrogens (tertiary/aromatic N) is 1. The Morgan fingerprint density at radius 2 is 1.95 bits per heavy atom. The summed E-state index contributed by atoms with van der Waals surface area (Å²) in [6.45, 7) is 5.66. The van der Waals surface area contributed by atoms with Crippen LogP contribution in [0.1, 0.15) is 43.7 Å². The maximum Gasteiger partial charge on any atom is 0.0233 e. The third-order valence-corrected chi connectivity index (χ3v) is 3.86. The molecule has 0 aromatic heterocycles. The van der Waals surface area contributed by atoms with Gasteiger partial charge in [-0.2, -0.15) is 0 Å². The van der Waals surface area contributed by atoms with Crippen LogP contribution in [-0.2, 0) is 13.0 Å². The van der Waals surface area contributed by atoms with E-state index in [9.17, 15) is 0 Å². The summed E-state index contributed by atoms with van der Waals surface area (Å²) in [6.07, 6.45) is 6.48. The molecule has 0 saturated heterocycles. The molecule has 0 amide bonds. The minimum Gasteiger partial charge on any atom is -0.314 e. The van der Waals surface area contributed by atoms with Crippen LogP contribution < -0.4 is 5.32 Å². The van der Waals surface area contributed by atoms with Crippen molar-refractivity contribution in [2.24, 2.45) is 0 Å². The van der Waals surface area contributed by atoms with Gasteiger partial charge in [0.15, 0.2) is 0 Å². The van der Waals surface area contributed by atoms with Gasteiger partial charge < -0.3 is 10.2 Å². The maximum absolute atomic E-state index is 3.61. The summed E-state index contributed by atoms with van der Waals surface area (Å²) in [5, 5.41) is 3.61. The summed E-state index contributed by atoms with van der Waals surface area (Å²) < 4.78 is 0. The molecule has 1 saturated carbocycles. The Hall–Kier alpha value is -0.860. The Bertz CT molecular complexity index is 371. The van der Waals surface area contributed by atoms with Gasteiger partial charge in [-0.25, -0.2) is 0 Å². The molecule has 1 aromatic rings. The zero-order chi connectivity index (χ0) is 13.5. The molecule has 106 valence electrons. The average molecular weight is 260 g/mol. The lowest BCUT2D eigenvalue weighted by molar-refractivity contribution is 0.320. The Morgan fingerprint density at radius 3 is 2.63 bits per heavy atom. The van der Waals surface area contributed by atoms with Crippen molar-refractivity contribution in [3.05, 3.63) is 35.4 Å². The molecule has 0 atom stereocenters. The molecule has 19 heavy (non-hydrogen) atoms. The van der Waals surface area contributed by atoms with Crippen LogP contribution in [0, 0.1) is 0 Å².